The molecule has 0 amide bonds. The molecule has 0 aliphatic rings. The average molecular weight is 228 g/mol. The maximum Gasteiger partial charge on any atom is 0.290 e. The Morgan fingerprint density at radius 2 is 1.29 bits per heavy atom. The summed E-state index contributed by atoms with van der Waals surface area (Å²) >= 11 is 0. The third-order valence-corrected chi connectivity index (χ3v) is 6.77. The number of hydrogen-bond acceptors (Lipinski definition) is 0. The van der Waals surface area contributed by atoms with E-state index in [1.54, 1.807) is 0 Å². The third kappa shape index (κ3) is 2.96. The van der Waals surface area contributed by atoms with Gasteiger partial charge in [0.2, 0.25) is 0 Å². The van der Waals surface area contributed by atoms with Crippen molar-refractivity contribution in [2.24, 2.45) is 0 Å². The summed E-state index contributed by atoms with van der Waals surface area (Å²) < 4.78 is 0.746. The standard InChI is InChI=1S/C12H20S2/c1-10-6-8-11(9-7-10)12(13(2)3)14(4)5/h6-9,12H,1-5H3/q+2. The molecule has 0 spiro atoms. The van der Waals surface area contributed by atoms with Gasteiger partial charge >= 0.3 is 0 Å². The monoisotopic (exact) mass is 228 g/mol. The summed E-state index contributed by atoms with van der Waals surface area (Å²) in [6.07, 6.45) is 9.38. The summed E-state index contributed by atoms with van der Waals surface area (Å²) in [4.78, 5) is 0. The zero-order valence-corrected chi connectivity index (χ0v) is 11.3. The first kappa shape index (κ1) is 12.0. The van der Waals surface area contributed by atoms with Gasteiger partial charge < -0.3 is 0 Å². The fourth-order valence-corrected chi connectivity index (χ4v) is 6.13. The highest BCUT2D eigenvalue weighted by atomic mass is 32.3. The SMILES string of the molecule is Cc1ccc(C([S+](C)C)[S+](C)C)cc1. The quantitative estimate of drug-likeness (QED) is 0.698. The van der Waals surface area contributed by atoms with E-state index in [9.17, 15) is 0 Å². The van der Waals surface area contributed by atoms with E-state index in [1.165, 1.54) is 11.1 Å². The maximum absolute atomic E-state index is 2.34. The fraction of sp³-hybridized carbons (Fsp3) is 0.500. The van der Waals surface area contributed by atoms with Crippen LogP contribution in [0.15, 0.2) is 24.3 Å². The van der Waals surface area contributed by atoms with Gasteiger partial charge in [0, 0.05) is 21.8 Å². The van der Waals surface area contributed by atoms with Crippen LogP contribution in [0.3, 0.4) is 0 Å². The second-order valence-electron chi connectivity index (χ2n) is 4.00. The summed E-state index contributed by atoms with van der Waals surface area (Å²) in [6.45, 7) is 2.15. The predicted molar refractivity (Wildman–Crippen MR) is 72.3 cm³/mol. The van der Waals surface area contributed by atoms with Crippen LogP contribution >= 0.6 is 0 Å². The van der Waals surface area contributed by atoms with Crippen LogP contribution in [-0.4, -0.2) is 25.0 Å². The van der Waals surface area contributed by atoms with E-state index in [4.69, 9.17) is 0 Å². The van der Waals surface area contributed by atoms with Gasteiger partial charge in [-0.05, 0) is 19.1 Å². The molecule has 0 bridgehead atoms. The Bertz CT molecular complexity index is 267. The smallest absolute Gasteiger partial charge is 0.0587 e. The summed E-state index contributed by atoms with van der Waals surface area (Å²) in [5.41, 5.74) is 2.86. The number of aryl methyl sites for hydroxylation is 1. The Kier molecular flexibility index (Phi) is 4.39. The highest BCUT2D eigenvalue weighted by Gasteiger charge is 2.34. The van der Waals surface area contributed by atoms with Gasteiger partial charge in [0.15, 0.2) is 0 Å². The molecule has 0 aliphatic heterocycles. The minimum Gasteiger partial charge on any atom is -0.0587 e. The van der Waals surface area contributed by atoms with Gasteiger partial charge in [-0.25, -0.2) is 0 Å². The van der Waals surface area contributed by atoms with Crippen molar-refractivity contribution in [2.75, 3.05) is 25.0 Å². The Morgan fingerprint density at radius 1 is 0.857 bits per heavy atom. The Hall–Kier alpha value is -0.0800. The van der Waals surface area contributed by atoms with Gasteiger partial charge in [0.25, 0.3) is 4.58 Å². The Labute approximate surface area is 93.8 Å². The lowest BCUT2D eigenvalue weighted by Crippen LogP contribution is -2.19. The first-order valence-corrected chi connectivity index (χ1v) is 8.92. The predicted octanol–water partition coefficient (Wildman–Crippen LogP) is 2.75. The molecule has 14 heavy (non-hydrogen) atoms. The Morgan fingerprint density at radius 3 is 1.64 bits per heavy atom. The molecule has 2 heteroatoms. The van der Waals surface area contributed by atoms with Crippen LogP contribution in [0.25, 0.3) is 0 Å². The second-order valence-corrected chi connectivity index (χ2v) is 8.76. The molecule has 0 unspecified atom stereocenters. The zero-order valence-electron chi connectivity index (χ0n) is 9.70. The molecule has 0 nitrogen and oxygen atoms in total. The van der Waals surface area contributed by atoms with E-state index < -0.39 is 0 Å². The van der Waals surface area contributed by atoms with Crippen LogP contribution in [-0.2, 0) is 21.8 Å². The topological polar surface area (TPSA) is 0 Å². The van der Waals surface area contributed by atoms with Crippen molar-refractivity contribution >= 4 is 21.8 Å². The average Bonchev–Trinajstić information content (AvgIpc) is 2.07. The molecule has 0 N–H and O–H groups in total. The minimum atomic E-state index is 0.471. The van der Waals surface area contributed by atoms with Crippen LogP contribution in [0.1, 0.15) is 15.7 Å². The van der Waals surface area contributed by atoms with Crippen molar-refractivity contribution in [3.63, 3.8) is 0 Å². The molecular formula is C12H20S2+2. The lowest BCUT2D eigenvalue weighted by molar-refractivity contribution is 1.32. The molecule has 0 saturated heterocycles. The van der Waals surface area contributed by atoms with E-state index in [0.717, 1.165) is 4.58 Å². The van der Waals surface area contributed by atoms with E-state index in [0.29, 0.717) is 21.8 Å². The second kappa shape index (κ2) is 5.13. The van der Waals surface area contributed by atoms with Crippen LogP contribution in [0.4, 0.5) is 0 Å². The summed E-state index contributed by atoms with van der Waals surface area (Å²) in [6, 6.07) is 9.03. The lowest BCUT2D eigenvalue weighted by atomic mass is 10.2. The molecule has 1 rings (SSSR count). The van der Waals surface area contributed by atoms with Gasteiger partial charge in [-0.2, -0.15) is 0 Å². The number of rotatable bonds is 3. The van der Waals surface area contributed by atoms with Gasteiger partial charge in [-0.15, -0.1) is 0 Å². The van der Waals surface area contributed by atoms with Crippen molar-refractivity contribution in [3.8, 4) is 0 Å². The molecule has 0 atom stereocenters. The van der Waals surface area contributed by atoms with Crippen molar-refractivity contribution in [1.82, 2.24) is 0 Å². The highest BCUT2D eigenvalue weighted by molar-refractivity contribution is 8.12. The van der Waals surface area contributed by atoms with E-state index >= 15 is 0 Å². The van der Waals surface area contributed by atoms with E-state index in [1.807, 2.05) is 0 Å². The zero-order chi connectivity index (χ0) is 10.7. The van der Waals surface area contributed by atoms with Gasteiger partial charge in [0.1, 0.15) is 25.0 Å². The minimum absolute atomic E-state index is 0.471. The molecule has 0 heterocycles. The van der Waals surface area contributed by atoms with Crippen LogP contribution in [0.5, 0.6) is 0 Å². The van der Waals surface area contributed by atoms with E-state index in [2.05, 4.69) is 56.2 Å². The molecule has 0 saturated carbocycles. The Balaban J connectivity index is 2.94. The molecule has 0 aromatic heterocycles. The number of benzene rings is 1. The molecule has 78 valence electrons. The van der Waals surface area contributed by atoms with Crippen molar-refractivity contribution < 1.29 is 0 Å². The van der Waals surface area contributed by atoms with Crippen LogP contribution in [0.2, 0.25) is 0 Å². The summed E-state index contributed by atoms with van der Waals surface area (Å²) in [7, 11) is 0.943. The molecule has 0 fully saturated rings. The molecule has 0 aliphatic carbocycles. The van der Waals surface area contributed by atoms with Gasteiger partial charge in [0.05, 0.1) is 5.56 Å². The van der Waals surface area contributed by atoms with Gasteiger partial charge in [-0.3, -0.25) is 0 Å². The molecule has 0 radical (unpaired) electrons. The van der Waals surface area contributed by atoms with Crippen molar-refractivity contribution in [2.45, 2.75) is 11.5 Å². The van der Waals surface area contributed by atoms with Crippen LogP contribution in [0, 0.1) is 6.92 Å². The van der Waals surface area contributed by atoms with E-state index in [-0.39, 0.29) is 0 Å². The largest absolute Gasteiger partial charge is 0.290 e. The highest BCUT2D eigenvalue weighted by Crippen LogP contribution is 2.27. The van der Waals surface area contributed by atoms with Crippen molar-refractivity contribution in [3.05, 3.63) is 35.4 Å². The fourth-order valence-electron chi connectivity index (χ4n) is 1.65. The normalized spacial score (nSPS) is 11.7. The summed E-state index contributed by atoms with van der Waals surface area (Å²) in [5.74, 6) is 0. The first-order valence-electron chi connectivity index (χ1n) is 4.71. The number of hydrogen-bond donors (Lipinski definition) is 0. The molecular weight excluding hydrogens is 208 g/mol. The van der Waals surface area contributed by atoms with Crippen molar-refractivity contribution in [1.29, 1.82) is 0 Å². The lowest BCUT2D eigenvalue weighted by Gasteiger charge is -2.11. The molecule has 1 aromatic carbocycles. The first-order chi connectivity index (χ1) is 6.52. The molecule has 1 aromatic rings. The van der Waals surface area contributed by atoms with Crippen LogP contribution < -0.4 is 0 Å². The van der Waals surface area contributed by atoms with Gasteiger partial charge in [-0.1, -0.05) is 17.7 Å². The third-order valence-electron chi connectivity index (χ3n) is 2.21. The maximum atomic E-state index is 2.34. The summed E-state index contributed by atoms with van der Waals surface area (Å²) in [5, 5.41) is 0.